The number of nitrogens with zero attached hydrogens (tertiary/aromatic N) is 4. The third kappa shape index (κ3) is 4.35. The van der Waals surface area contributed by atoms with Crippen LogP contribution in [0.3, 0.4) is 0 Å². The van der Waals surface area contributed by atoms with Crippen LogP contribution in [-0.4, -0.2) is 59.0 Å². The zero-order valence-electron chi connectivity index (χ0n) is 17.9. The number of aromatic nitrogens is 2. The summed E-state index contributed by atoms with van der Waals surface area (Å²) < 4.78 is 5.23. The molecule has 6 nitrogen and oxygen atoms in total. The third-order valence-electron chi connectivity index (χ3n) is 5.75. The smallest absolute Gasteiger partial charge is 0.272 e. The van der Waals surface area contributed by atoms with Crippen molar-refractivity contribution in [2.45, 2.75) is 6.54 Å². The lowest BCUT2D eigenvalue weighted by atomic mass is 10.2. The Morgan fingerprint density at radius 3 is 2.53 bits per heavy atom. The van der Waals surface area contributed by atoms with Gasteiger partial charge in [0, 0.05) is 49.1 Å². The molecule has 0 aliphatic carbocycles. The van der Waals surface area contributed by atoms with E-state index >= 15 is 0 Å². The van der Waals surface area contributed by atoms with Crippen LogP contribution in [0.4, 0.5) is 0 Å². The molecular weight excluding hydrogens is 420 g/mol. The molecule has 0 N–H and O–H groups in total. The average Bonchev–Trinajstić information content (AvgIpc) is 3.32. The van der Waals surface area contributed by atoms with E-state index in [-0.39, 0.29) is 5.91 Å². The summed E-state index contributed by atoms with van der Waals surface area (Å²) in [6.07, 6.45) is 0. The summed E-state index contributed by atoms with van der Waals surface area (Å²) in [7, 11) is 1.67. The molecule has 0 saturated carbocycles. The minimum Gasteiger partial charge on any atom is -0.497 e. The van der Waals surface area contributed by atoms with Crippen molar-refractivity contribution in [1.82, 2.24) is 19.8 Å². The van der Waals surface area contributed by atoms with Crippen LogP contribution in [0, 0.1) is 0 Å². The molecule has 32 heavy (non-hydrogen) atoms. The number of carbonyl (C=O) groups is 1. The van der Waals surface area contributed by atoms with E-state index < -0.39 is 0 Å². The van der Waals surface area contributed by atoms with Crippen LogP contribution in [0.25, 0.3) is 21.5 Å². The monoisotopic (exact) mass is 444 g/mol. The van der Waals surface area contributed by atoms with Crippen LogP contribution in [0.15, 0.2) is 66.0 Å². The van der Waals surface area contributed by atoms with Gasteiger partial charge in [0.05, 0.1) is 18.3 Å². The fraction of sp³-hybridized carbons (Fsp3) is 0.240. The van der Waals surface area contributed by atoms with Crippen LogP contribution >= 0.6 is 11.3 Å². The molecule has 5 rings (SSSR count). The topological polar surface area (TPSA) is 58.6 Å². The lowest BCUT2D eigenvalue weighted by Gasteiger charge is -2.34. The highest BCUT2D eigenvalue weighted by atomic mass is 32.1. The van der Waals surface area contributed by atoms with Crippen molar-refractivity contribution in [1.29, 1.82) is 0 Å². The van der Waals surface area contributed by atoms with Gasteiger partial charge in [-0.25, -0.2) is 9.97 Å². The van der Waals surface area contributed by atoms with Crippen molar-refractivity contribution >= 4 is 28.1 Å². The predicted octanol–water partition coefficient (Wildman–Crippen LogP) is 4.32. The van der Waals surface area contributed by atoms with Gasteiger partial charge in [-0.2, -0.15) is 0 Å². The van der Waals surface area contributed by atoms with E-state index in [9.17, 15) is 4.79 Å². The van der Waals surface area contributed by atoms with Crippen LogP contribution in [0.1, 0.15) is 16.2 Å². The summed E-state index contributed by atoms with van der Waals surface area (Å²) >= 11 is 1.66. The van der Waals surface area contributed by atoms with Crippen molar-refractivity contribution in [2.24, 2.45) is 0 Å². The van der Waals surface area contributed by atoms with E-state index in [1.165, 1.54) is 0 Å². The van der Waals surface area contributed by atoms with Gasteiger partial charge >= 0.3 is 0 Å². The van der Waals surface area contributed by atoms with Gasteiger partial charge < -0.3 is 9.64 Å². The Kier molecular flexibility index (Phi) is 5.83. The maximum atomic E-state index is 12.9. The van der Waals surface area contributed by atoms with E-state index in [0.29, 0.717) is 18.8 Å². The Balaban J connectivity index is 1.18. The highest BCUT2D eigenvalue weighted by Crippen LogP contribution is 2.26. The molecule has 0 atom stereocenters. The first-order chi connectivity index (χ1) is 15.7. The van der Waals surface area contributed by atoms with E-state index in [2.05, 4.69) is 15.3 Å². The molecule has 0 unspecified atom stereocenters. The molecule has 4 aromatic rings. The number of carbonyl (C=O) groups excluding carboxylic acids is 1. The number of pyridine rings is 1. The van der Waals surface area contributed by atoms with Crippen LogP contribution in [-0.2, 0) is 6.54 Å². The number of amides is 1. The van der Waals surface area contributed by atoms with Crippen molar-refractivity contribution in [3.8, 4) is 16.3 Å². The minimum atomic E-state index is 0.00542. The van der Waals surface area contributed by atoms with E-state index in [4.69, 9.17) is 9.72 Å². The number of thiazole rings is 1. The number of fused-ring (bicyclic) bond motifs is 1. The van der Waals surface area contributed by atoms with Gasteiger partial charge in [-0.05, 0) is 36.4 Å². The Labute approximate surface area is 191 Å². The molecule has 0 spiro atoms. The number of methoxy groups -OCH3 is 1. The van der Waals surface area contributed by atoms with Gasteiger partial charge in [-0.1, -0.05) is 24.3 Å². The lowest BCUT2D eigenvalue weighted by molar-refractivity contribution is 0.0622. The normalized spacial score (nSPS) is 14.6. The second kappa shape index (κ2) is 9.06. The van der Waals surface area contributed by atoms with Crippen LogP contribution < -0.4 is 4.74 Å². The lowest BCUT2D eigenvalue weighted by Crippen LogP contribution is -2.48. The molecule has 0 bridgehead atoms. The average molecular weight is 445 g/mol. The fourth-order valence-corrected chi connectivity index (χ4v) is 4.75. The van der Waals surface area contributed by atoms with Gasteiger partial charge in [0.1, 0.15) is 16.5 Å². The minimum absolute atomic E-state index is 0.00542. The Bertz CT molecular complexity index is 1230. The number of para-hydroxylation sites is 1. The Morgan fingerprint density at radius 2 is 1.75 bits per heavy atom. The van der Waals surface area contributed by atoms with Crippen molar-refractivity contribution in [3.63, 3.8) is 0 Å². The van der Waals surface area contributed by atoms with Gasteiger partial charge in [0.2, 0.25) is 0 Å². The number of hydrogen-bond acceptors (Lipinski definition) is 6. The number of piperazine rings is 1. The number of benzene rings is 2. The Morgan fingerprint density at radius 1 is 0.969 bits per heavy atom. The van der Waals surface area contributed by atoms with Crippen molar-refractivity contribution in [2.75, 3.05) is 33.3 Å². The molecule has 1 aliphatic rings. The first-order valence-electron chi connectivity index (χ1n) is 10.7. The molecule has 1 saturated heterocycles. The maximum Gasteiger partial charge on any atom is 0.272 e. The first-order valence-corrected chi connectivity index (χ1v) is 11.5. The van der Waals surface area contributed by atoms with E-state index in [1.54, 1.807) is 18.4 Å². The van der Waals surface area contributed by atoms with Crippen molar-refractivity contribution in [3.05, 3.63) is 77.4 Å². The maximum absolute atomic E-state index is 12.9. The fourth-order valence-electron chi connectivity index (χ4n) is 3.93. The first kappa shape index (κ1) is 20.6. The second-order valence-corrected chi connectivity index (χ2v) is 8.69. The van der Waals surface area contributed by atoms with E-state index in [0.717, 1.165) is 52.6 Å². The third-order valence-corrected chi connectivity index (χ3v) is 6.69. The zero-order chi connectivity index (χ0) is 21.9. The number of ether oxygens (including phenoxy) is 1. The van der Waals surface area contributed by atoms with Crippen LogP contribution in [0.2, 0.25) is 0 Å². The SMILES string of the molecule is COc1ccc(-c2nc(CN3CCN(C(=O)c4ccc5ccccc5n4)CC3)cs2)cc1. The highest BCUT2D eigenvalue weighted by Gasteiger charge is 2.23. The molecular formula is C25H24N4O2S. The van der Waals surface area contributed by atoms with Gasteiger partial charge in [-0.3, -0.25) is 9.69 Å². The molecule has 1 fully saturated rings. The predicted molar refractivity (Wildman–Crippen MR) is 127 cm³/mol. The summed E-state index contributed by atoms with van der Waals surface area (Å²) in [5.41, 5.74) is 3.53. The molecule has 162 valence electrons. The summed E-state index contributed by atoms with van der Waals surface area (Å²) in [5.74, 6) is 0.850. The van der Waals surface area contributed by atoms with Crippen LogP contribution in [0.5, 0.6) is 5.75 Å². The zero-order valence-corrected chi connectivity index (χ0v) is 18.7. The number of hydrogen-bond donors (Lipinski definition) is 0. The molecule has 1 amide bonds. The molecule has 1 aliphatic heterocycles. The Hall–Kier alpha value is -3.29. The van der Waals surface area contributed by atoms with Gasteiger partial charge in [-0.15, -0.1) is 11.3 Å². The summed E-state index contributed by atoms with van der Waals surface area (Å²) in [4.78, 5) is 26.6. The van der Waals surface area contributed by atoms with Gasteiger partial charge in [0.15, 0.2) is 0 Å². The molecule has 3 heterocycles. The van der Waals surface area contributed by atoms with E-state index in [1.807, 2.05) is 65.6 Å². The number of rotatable bonds is 5. The van der Waals surface area contributed by atoms with Gasteiger partial charge in [0.25, 0.3) is 5.91 Å². The molecule has 7 heteroatoms. The summed E-state index contributed by atoms with van der Waals surface area (Å²) in [6.45, 7) is 3.85. The summed E-state index contributed by atoms with van der Waals surface area (Å²) in [6, 6.07) is 19.6. The van der Waals surface area contributed by atoms with Crippen molar-refractivity contribution < 1.29 is 9.53 Å². The molecule has 0 radical (unpaired) electrons. The highest BCUT2D eigenvalue weighted by molar-refractivity contribution is 7.13. The summed E-state index contributed by atoms with van der Waals surface area (Å²) in [5, 5.41) is 4.18. The second-order valence-electron chi connectivity index (χ2n) is 7.83. The molecule has 2 aromatic carbocycles. The quantitative estimate of drug-likeness (QED) is 0.459. The largest absolute Gasteiger partial charge is 0.497 e. The standard InChI is InChI=1S/C25H24N4O2S/c1-31-21-9-6-19(7-10-21)24-26-20(17-32-24)16-28-12-14-29(15-13-28)25(30)23-11-8-18-4-2-3-5-22(18)27-23/h2-11,17H,12-16H2,1H3. The molecule has 2 aromatic heterocycles.